The molecular formula is C17H18N2O5. The van der Waals surface area contributed by atoms with Gasteiger partial charge in [-0.2, -0.15) is 4.68 Å². The molecule has 1 N–H and O–H groups in total. The van der Waals surface area contributed by atoms with E-state index in [-0.39, 0.29) is 19.0 Å². The van der Waals surface area contributed by atoms with Crippen molar-refractivity contribution in [3.05, 3.63) is 58.3 Å². The molecule has 7 nitrogen and oxygen atoms in total. The fourth-order valence-electron chi connectivity index (χ4n) is 2.38. The van der Waals surface area contributed by atoms with Crippen LogP contribution in [-0.2, 0) is 6.54 Å². The number of hydrogen-bond acceptors (Lipinski definition) is 6. The zero-order valence-electron chi connectivity index (χ0n) is 13.4. The van der Waals surface area contributed by atoms with E-state index in [1.165, 1.54) is 6.26 Å². The lowest BCUT2D eigenvalue weighted by molar-refractivity contribution is 0.0869. The molecule has 0 saturated carbocycles. The zero-order chi connectivity index (χ0) is 17.1. The molecule has 1 atom stereocenters. The Bertz CT molecular complexity index is 843. The molecule has 0 aliphatic rings. The first-order chi connectivity index (χ1) is 11.5. The van der Waals surface area contributed by atoms with Crippen molar-refractivity contribution in [3.8, 4) is 17.4 Å². The highest BCUT2D eigenvalue weighted by molar-refractivity contribution is 5.42. The number of aliphatic hydroxyl groups is 1. The van der Waals surface area contributed by atoms with Gasteiger partial charge in [-0.05, 0) is 37.1 Å². The van der Waals surface area contributed by atoms with Gasteiger partial charge in [0.15, 0.2) is 5.76 Å². The van der Waals surface area contributed by atoms with Crippen LogP contribution in [0.15, 0.2) is 50.2 Å². The fourth-order valence-corrected chi connectivity index (χ4v) is 2.38. The van der Waals surface area contributed by atoms with Crippen molar-refractivity contribution >= 4 is 0 Å². The summed E-state index contributed by atoms with van der Waals surface area (Å²) in [6.45, 7) is 3.88. The Morgan fingerprint density at radius 2 is 2.00 bits per heavy atom. The molecule has 0 aliphatic carbocycles. The third-order valence-electron chi connectivity index (χ3n) is 3.55. The average molecular weight is 330 g/mol. The Balaban J connectivity index is 1.65. The summed E-state index contributed by atoms with van der Waals surface area (Å²) in [5.41, 5.74) is 1.97. The van der Waals surface area contributed by atoms with Crippen molar-refractivity contribution in [2.75, 3.05) is 6.61 Å². The first-order valence-electron chi connectivity index (χ1n) is 7.53. The van der Waals surface area contributed by atoms with Gasteiger partial charge in [-0.25, -0.2) is 4.79 Å². The van der Waals surface area contributed by atoms with Gasteiger partial charge >= 0.3 is 5.76 Å². The normalized spacial score (nSPS) is 12.3. The van der Waals surface area contributed by atoms with E-state index < -0.39 is 11.9 Å². The summed E-state index contributed by atoms with van der Waals surface area (Å²) in [4.78, 5) is 11.8. The molecule has 0 spiro atoms. The highest BCUT2D eigenvalue weighted by Gasteiger charge is 2.16. The summed E-state index contributed by atoms with van der Waals surface area (Å²) >= 11 is 0. The maximum Gasteiger partial charge on any atom is 0.437 e. The van der Waals surface area contributed by atoms with E-state index in [1.807, 2.05) is 32.0 Å². The lowest BCUT2D eigenvalue weighted by Crippen LogP contribution is -2.29. The third kappa shape index (κ3) is 3.41. The fraction of sp³-hybridized carbons (Fsp3) is 0.294. The molecule has 2 aromatic heterocycles. The maximum absolute atomic E-state index is 11.8. The van der Waals surface area contributed by atoms with Crippen LogP contribution in [0, 0.1) is 13.8 Å². The molecule has 7 heteroatoms. The van der Waals surface area contributed by atoms with Crippen LogP contribution in [0.1, 0.15) is 11.1 Å². The summed E-state index contributed by atoms with van der Waals surface area (Å²) in [5.74, 6) is 0.507. The second kappa shape index (κ2) is 6.76. The molecule has 2 heterocycles. The third-order valence-corrected chi connectivity index (χ3v) is 3.55. The molecule has 3 aromatic rings. The van der Waals surface area contributed by atoms with Crippen LogP contribution < -0.4 is 10.5 Å². The topological polar surface area (TPSA) is 90.6 Å². The van der Waals surface area contributed by atoms with Gasteiger partial charge in [-0.15, -0.1) is 5.10 Å². The van der Waals surface area contributed by atoms with Gasteiger partial charge < -0.3 is 18.7 Å². The monoisotopic (exact) mass is 330 g/mol. The molecule has 0 fully saturated rings. The van der Waals surface area contributed by atoms with Crippen LogP contribution in [-0.4, -0.2) is 27.6 Å². The highest BCUT2D eigenvalue weighted by atomic mass is 16.5. The van der Waals surface area contributed by atoms with E-state index in [9.17, 15) is 9.90 Å². The molecule has 126 valence electrons. The lowest BCUT2D eigenvalue weighted by atomic mass is 10.1. The Labute approximate surface area is 138 Å². The van der Waals surface area contributed by atoms with E-state index in [4.69, 9.17) is 13.6 Å². The van der Waals surface area contributed by atoms with Crippen LogP contribution >= 0.6 is 0 Å². The zero-order valence-corrected chi connectivity index (χ0v) is 13.4. The number of benzene rings is 1. The average Bonchev–Trinajstić information content (AvgIpc) is 3.17. The van der Waals surface area contributed by atoms with Crippen molar-refractivity contribution in [1.29, 1.82) is 0 Å². The first-order valence-corrected chi connectivity index (χ1v) is 7.53. The van der Waals surface area contributed by atoms with E-state index in [0.717, 1.165) is 21.6 Å². The number of aromatic nitrogens is 2. The van der Waals surface area contributed by atoms with E-state index in [2.05, 4.69) is 5.10 Å². The van der Waals surface area contributed by atoms with Gasteiger partial charge in [-0.3, -0.25) is 0 Å². The van der Waals surface area contributed by atoms with Crippen molar-refractivity contribution in [1.82, 2.24) is 9.78 Å². The summed E-state index contributed by atoms with van der Waals surface area (Å²) in [5, 5.41) is 14.1. The van der Waals surface area contributed by atoms with Crippen LogP contribution in [0.3, 0.4) is 0 Å². The summed E-state index contributed by atoms with van der Waals surface area (Å²) in [7, 11) is 0. The molecule has 0 radical (unpaired) electrons. The minimum absolute atomic E-state index is 0.0338. The number of hydrogen-bond donors (Lipinski definition) is 1. The van der Waals surface area contributed by atoms with Crippen molar-refractivity contribution in [2.24, 2.45) is 0 Å². The first kappa shape index (κ1) is 16.1. The molecule has 24 heavy (non-hydrogen) atoms. The second-order valence-electron chi connectivity index (χ2n) is 5.52. The Morgan fingerprint density at radius 3 is 2.67 bits per heavy atom. The predicted molar refractivity (Wildman–Crippen MR) is 85.9 cm³/mol. The maximum atomic E-state index is 11.8. The molecular weight excluding hydrogens is 312 g/mol. The number of para-hydroxylation sites is 1. The number of rotatable bonds is 6. The van der Waals surface area contributed by atoms with E-state index in [1.54, 1.807) is 12.1 Å². The molecule has 0 bridgehead atoms. The van der Waals surface area contributed by atoms with Crippen LogP contribution in [0.25, 0.3) is 11.7 Å². The lowest BCUT2D eigenvalue weighted by Gasteiger charge is -2.15. The van der Waals surface area contributed by atoms with Crippen molar-refractivity contribution < 1.29 is 18.7 Å². The largest absolute Gasteiger partial charge is 0.490 e. The second-order valence-corrected chi connectivity index (χ2v) is 5.52. The Hall–Kier alpha value is -2.80. The smallest absolute Gasteiger partial charge is 0.437 e. The van der Waals surface area contributed by atoms with Gasteiger partial charge in [0.25, 0.3) is 5.89 Å². The molecule has 0 aliphatic heterocycles. The van der Waals surface area contributed by atoms with Crippen LogP contribution in [0.5, 0.6) is 5.75 Å². The van der Waals surface area contributed by atoms with Crippen LogP contribution in [0.2, 0.25) is 0 Å². The number of aliphatic hydroxyl groups excluding tert-OH is 1. The molecule has 3 rings (SSSR count). The predicted octanol–water partition coefficient (Wildman–Crippen LogP) is 2.15. The Morgan fingerprint density at radius 1 is 1.25 bits per heavy atom. The van der Waals surface area contributed by atoms with Crippen molar-refractivity contribution in [2.45, 2.75) is 26.5 Å². The van der Waals surface area contributed by atoms with Gasteiger partial charge in [0.2, 0.25) is 0 Å². The summed E-state index contributed by atoms with van der Waals surface area (Å²) in [6.07, 6.45) is 0.554. The SMILES string of the molecule is Cc1cccc(C)c1OC[C@H](O)Cn1nc(-c2ccco2)oc1=O. The van der Waals surface area contributed by atoms with Crippen LogP contribution in [0.4, 0.5) is 0 Å². The minimum Gasteiger partial charge on any atom is -0.490 e. The van der Waals surface area contributed by atoms with Crippen molar-refractivity contribution in [3.63, 3.8) is 0 Å². The standard InChI is InChI=1S/C17H18N2O5/c1-11-5-3-6-12(2)15(11)23-10-13(20)9-19-17(21)24-16(18-19)14-7-4-8-22-14/h3-8,13,20H,9-10H2,1-2H3/t13-/m1/s1. The quantitative estimate of drug-likeness (QED) is 0.745. The molecule has 1 aromatic carbocycles. The number of nitrogens with zero attached hydrogens (tertiary/aromatic N) is 2. The molecule has 0 saturated heterocycles. The summed E-state index contributed by atoms with van der Waals surface area (Å²) < 4.78 is 16.9. The minimum atomic E-state index is -0.906. The van der Waals surface area contributed by atoms with Gasteiger partial charge in [0.05, 0.1) is 12.8 Å². The number of aryl methyl sites for hydroxylation is 2. The van der Waals surface area contributed by atoms with E-state index in [0.29, 0.717) is 5.76 Å². The highest BCUT2D eigenvalue weighted by Crippen LogP contribution is 2.22. The van der Waals surface area contributed by atoms with Gasteiger partial charge in [-0.1, -0.05) is 18.2 Å². The molecule has 0 amide bonds. The van der Waals surface area contributed by atoms with Gasteiger partial charge in [0, 0.05) is 0 Å². The number of furan rings is 1. The Kier molecular flexibility index (Phi) is 4.52. The van der Waals surface area contributed by atoms with Gasteiger partial charge in [0.1, 0.15) is 18.5 Å². The summed E-state index contributed by atoms with van der Waals surface area (Å²) in [6, 6.07) is 9.12. The molecule has 0 unspecified atom stereocenters. The van der Waals surface area contributed by atoms with E-state index >= 15 is 0 Å². The number of ether oxygens (including phenoxy) is 1.